The third kappa shape index (κ3) is 4.26. The maximum Gasteiger partial charge on any atom is 0.410 e. The van der Waals surface area contributed by atoms with Gasteiger partial charge in [0.05, 0.1) is 22.9 Å². The second kappa shape index (κ2) is 6.73. The van der Waals surface area contributed by atoms with Gasteiger partial charge in [0.25, 0.3) is 0 Å². The standard InChI is InChI=1S/C16H24ClN3O2/c1-16(2,3)22-15(21)19(4)12-6-5-9-20(11-12)14-10-18-8-7-13(14)17/h7-8,10,12H,5-6,9,11H2,1-4H3/t12-/m1/s1. The van der Waals surface area contributed by atoms with Crippen molar-refractivity contribution in [1.29, 1.82) is 0 Å². The molecule has 0 radical (unpaired) electrons. The Morgan fingerprint density at radius 1 is 1.50 bits per heavy atom. The Bertz CT molecular complexity index is 530. The Kier molecular flexibility index (Phi) is 5.16. The second-order valence-electron chi connectivity index (χ2n) is 6.66. The maximum absolute atomic E-state index is 12.2. The third-order valence-electron chi connectivity index (χ3n) is 3.71. The molecule has 1 saturated heterocycles. The Morgan fingerprint density at radius 3 is 2.86 bits per heavy atom. The van der Waals surface area contributed by atoms with Gasteiger partial charge in [-0.05, 0) is 39.7 Å². The van der Waals surface area contributed by atoms with E-state index in [2.05, 4.69) is 9.88 Å². The number of carbonyl (C=O) groups is 1. The number of anilines is 1. The Morgan fingerprint density at radius 2 is 2.23 bits per heavy atom. The van der Waals surface area contributed by atoms with Gasteiger partial charge in [0.1, 0.15) is 5.60 Å². The van der Waals surface area contributed by atoms with E-state index in [9.17, 15) is 4.79 Å². The highest BCUT2D eigenvalue weighted by Crippen LogP contribution is 2.28. The number of amides is 1. The number of piperidine rings is 1. The van der Waals surface area contributed by atoms with Crippen molar-refractivity contribution in [2.75, 3.05) is 25.0 Å². The molecule has 0 saturated carbocycles. The predicted octanol–water partition coefficient (Wildman–Crippen LogP) is 3.57. The molecule has 1 atom stereocenters. The molecule has 1 aliphatic rings. The molecule has 2 heterocycles. The van der Waals surface area contributed by atoms with E-state index < -0.39 is 5.60 Å². The first-order chi connectivity index (χ1) is 10.3. The molecule has 0 aromatic carbocycles. The highest BCUT2D eigenvalue weighted by molar-refractivity contribution is 6.33. The number of likely N-dealkylation sites (N-methyl/N-ethyl adjacent to an activating group) is 1. The van der Waals surface area contributed by atoms with Gasteiger partial charge in [-0.2, -0.15) is 0 Å². The van der Waals surface area contributed by atoms with Gasteiger partial charge >= 0.3 is 6.09 Å². The van der Waals surface area contributed by atoms with Gasteiger partial charge in [-0.1, -0.05) is 11.6 Å². The number of carbonyl (C=O) groups excluding carboxylic acids is 1. The van der Waals surface area contributed by atoms with Crippen LogP contribution in [0.5, 0.6) is 0 Å². The largest absolute Gasteiger partial charge is 0.444 e. The summed E-state index contributed by atoms with van der Waals surface area (Å²) in [5.74, 6) is 0. The van der Waals surface area contributed by atoms with E-state index in [-0.39, 0.29) is 12.1 Å². The number of hydrogen-bond acceptors (Lipinski definition) is 4. The zero-order chi connectivity index (χ0) is 16.3. The average molecular weight is 326 g/mol. The molecular formula is C16H24ClN3O2. The summed E-state index contributed by atoms with van der Waals surface area (Å²) in [4.78, 5) is 20.2. The molecule has 1 aromatic heterocycles. The number of rotatable bonds is 2. The van der Waals surface area contributed by atoms with Crippen LogP contribution in [0.2, 0.25) is 5.02 Å². The summed E-state index contributed by atoms with van der Waals surface area (Å²) in [5, 5.41) is 0.690. The second-order valence-corrected chi connectivity index (χ2v) is 7.07. The van der Waals surface area contributed by atoms with Crippen LogP contribution in [0.4, 0.5) is 10.5 Å². The van der Waals surface area contributed by atoms with Crippen molar-refractivity contribution in [1.82, 2.24) is 9.88 Å². The van der Waals surface area contributed by atoms with E-state index in [1.807, 2.05) is 20.8 Å². The molecule has 0 bridgehead atoms. The van der Waals surface area contributed by atoms with Crippen molar-refractivity contribution in [3.05, 3.63) is 23.5 Å². The van der Waals surface area contributed by atoms with E-state index in [1.165, 1.54) is 0 Å². The summed E-state index contributed by atoms with van der Waals surface area (Å²) in [6, 6.07) is 1.90. The summed E-state index contributed by atoms with van der Waals surface area (Å²) in [7, 11) is 1.80. The fraction of sp³-hybridized carbons (Fsp3) is 0.625. The number of aromatic nitrogens is 1. The Balaban J connectivity index is 2.04. The van der Waals surface area contributed by atoms with Crippen LogP contribution in [0.3, 0.4) is 0 Å². The molecule has 0 unspecified atom stereocenters. The van der Waals surface area contributed by atoms with Gasteiger partial charge in [-0.15, -0.1) is 0 Å². The molecule has 22 heavy (non-hydrogen) atoms. The fourth-order valence-electron chi connectivity index (χ4n) is 2.57. The van der Waals surface area contributed by atoms with Gasteiger partial charge in [-0.3, -0.25) is 4.98 Å². The van der Waals surface area contributed by atoms with E-state index in [4.69, 9.17) is 16.3 Å². The van der Waals surface area contributed by atoms with E-state index in [0.29, 0.717) is 5.02 Å². The Hall–Kier alpha value is -1.49. The first kappa shape index (κ1) is 16.9. The lowest BCUT2D eigenvalue weighted by molar-refractivity contribution is 0.0210. The summed E-state index contributed by atoms with van der Waals surface area (Å²) in [5.41, 5.74) is 0.443. The monoisotopic (exact) mass is 325 g/mol. The minimum atomic E-state index is -0.480. The molecule has 1 fully saturated rings. The van der Waals surface area contributed by atoms with Crippen molar-refractivity contribution in [3.63, 3.8) is 0 Å². The average Bonchev–Trinajstić information content (AvgIpc) is 2.45. The molecule has 1 amide bonds. The van der Waals surface area contributed by atoms with Gasteiger partial charge in [0.2, 0.25) is 0 Å². The first-order valence-electron chi connectivity index (χ1n) is 7.58. The molecule has 5 nitrogen and oxygen atoms in total. The van der Waals surface area contributed by atoms with Crippen molar-refractivity contribution < 1.29 is 9.53 Å². The summed E-state index contributed by atoms with van der Waals surface area (Å²) >= 11 is 6.25. The van der Waals surface area contributed by atoms with E-state index in [0.717, 1.165) is 31.6 Å². The topological polar surface area (TPSA) is 45.7 Å². The SMILES string of the molecule is CN(C(=O)OC(C)(C)C)[C@@H]1CCCN(c2cnccc2Cl)C1. The van der Waals surface area contributed by atoms with Crippen LogP contribution in [-0.2, 0) is 4.74 Å². The van der Waals surface area contributed by atoms with Crippen molar-refractivity contribution in [3.8, 4) is 0 Å². The number of nitrogens with zero attached hydrogens (tertiary/aromatic N) is 3. The predicted molar refractivity (Wildman–Crippen MR) is 88.5 cm³/mol. The van der Waals surface area contributed by atoms with E-state index in [1.54, 1.807) is 30.4 Å². The molecule has 1 aliphatic heterocycles. The number of ether oxygens (including phenoxy) is 1. The normalized spacial score (nSPS) is 19.0. The smallest absolute Gasteiger partial charge is 0.410 e. The lowest BCUT2D eigenvalue weighted by Gasteiger charge is -2.39. The number of halogens is 1. The number of hydrogen-bond donors (Lipinski definition) is 0. The highest BCUT2D eigenvalue weighted by Gasteiger charge is 2.29. The van der Waals surface area contributed by atoms with Crippen LogP contribution in [0.15, 0.2) is 18.5 Å². The third-order valence-corrected chi connectivity index (χ3v) is 4.03. The van der Waals surface area contributed by atoms with Crippen LogP contribution in [0.25, 0.3) is 0 Å². The molecule has 122 valence electrons. The molecule has 1 aromatic rings. The molecule has 6 heteroatoms. The van der Waals surface area contributed by atoms with Crippen molar-refractivity contribution in [2.24, 2.45) is 0 Å². The molecule has 0 spiro atoms. The number of pyridine rings is 1. The quantitative estimate of drug-likeness (QED) is 0.834. The highest BCUT2D eigenvalue weighted by atomic mass is 35.5. The van der Waals surface area contributed by atoms with Crippen LogP contribution < -0.4 is 4.90 Å². The van der Waals surface area contributed by atoms with Crippen LogP contribution in [0.1, 0.15) is 33.6 Å². The molecule has 2 rings (SSSR count). The van der Waals surface area contributed by atoms with Crippen LogP contribution >= 0.6 is 11.6 Å². The molecule has 0 N–H and O–H groups in total. The lowest BCUT2D eigenvalue weighted by Crippen LogP contribution is -2.49. The van der Waals surface area contributed by atoms with Gasteiger partial charge in [0.15, 0.2) is 0 Å². The first-order valence-corrected chi connectivity index (χ1v) is 7.96. The summed E-state index contributed by atoms with van der Waals surface area (Å²) in [6.07, 6.45) is 5.14. The molecule has 0 aliphatic carbocycles. The molecular weight excluding hydrogens is 302 g/mol. The van der Waals surface area contributed by atoms with Crippen LogP contribution in [0, 0.1) is 0 Å². The van der Waals surface area contributed by atoms with Gasteiger partial charge in [0, 0.05) is 26.3 Å². The lowest BCUT2D eigenvalue weighted by atomic mass is 10.0. The maximum atomic E-state index is 12.2. The minimum absolute atomic E-state index is 0.111. The minimum Gasteiger partial charge on any atom is -0.444 e. The van der Waals surface area contributed by atoms with Crippen molar-refractivity contribution in [2.45, 2.75) is 45.3 Å². The fourth-order valence-corrected chi connectivity index (χ4v) is 2.80. The van der Waals surface area contributed by atoms with Gasteiger partial charge < -0.3 is 14.5 Å². The summed E-state index contributed by atoms with van der Waals surface area (Å²) < 4.78 is 5.45. The van der Waals surface area contributed by atoms with E-state index >= 15 is 0 Å². The van der Waals surface area contributed by atoms with Gasteiger partial charge in [-0.25, -0.2) is 4.79 Å². The van der Waals surface area contributed by atoms with Crippen LogP contribution in [-0.4, -0.2) is 47.8 Å². The van der Waals surface area contributed by atoms with Crippen molar-refractivity contribution >= 4 is 23.4 Å². The zero-order valence-electron chi connectivity index (χ0n) is 13.7. The summed E-state index contributed by atoms with van der Waals surface area (Å²) in [6.45, 7) is 7.29. The Labute approximate surface area is 137 Å². The zero-order valence-corrected chi connectivity index (χ0v) is 14.4.